The lowest BCUT2D eigenvalue weighted by molar-refractivity contribution is -0.139. The molecule has 0 aliphatic carbocycles. The third kappa shape index (κ3) is 5.47. The Labute approximate surface area is 172 Å². The van der Waals surface area contributed by atoms with E-state index < -0.39 is 18.0 Å². The maximum atomic E-state index is 13.3. The molecule has 2 amide bonds. The molecule has 1 unspecified atom stereocenters. The number of benzene rings is 1. The van der Waals surface area contributed by atoms with Gasteiger partial charge in [-0.1, -0.05) is 30.3 Å². The lowest BCUT2D eigenvalue weighted by Crippen LogP contribution is -2.54. The molecule has 2 aliphatic heterocycles. The molecule has 8 nitrogen and oxygen atoms in total. The van der Waals surface area contributed by atoms with Crippen molar-refractivity contribution < 1.29 is 9.59 Å². The minimum Gasteiger partial charge on any atom is -0.370 e. The largest absolute Gasteiger partial charge is 0.370 e. The van der Waals surface area contributed by atoms with E-state index >= 15 is 0 Å². The number of nitrogens with zero attached hydrogens (tertiary/aromatic N) is 2. The van der Waals surface area contributed by atoms with E-state index in [0.29, 0.717) is 31.8 Å². The van der Waals surface area contributed by atoms with E-state index in [1.165, 1.54) is 0 Å². The predicted octanol–water partition coefficient (Wildman–Crippen LogP) is 0.269. The van der Waals surface area contributed by atoms with Crippen molar-refractivity contribution in [1.82, 2.24) is 15.1 Å². The fraction of sp³-hybridized carbons (Fsp3) is 0.571. The number of carbonyl (C=O) groups excluding carboxylic acids is 2. The molecule has 2 saturated heterocycles. The molecule has 6 N–H and O–H groups in total. The highest BCUT2D eigenvalue weighted by molar-refractivity contribution is 5.89. The number of rotatable bonds is 7. The van der Waals surface area contributed by atoms with Crippen molar-refractivity contribution in [2.45, 2.75) is 44.2 Å². The van der Waals surface area contributed by atoms with Gasteiger partial charge in [0.2, 0.25) is 11.8 Å². The van der Waals surface area contributed by atoms with Crippen LogP contribution in [0.4, 0.5) is 0 Å². The van der Waals surface area contributed by atoms with Gasteiger partial charge in [-0.3, -0.25) is 15.0 Å². The second-order valence-electron chi connectivity index (χ2n) is 8.08. The molecule has 2 heterocycles. The molecular weight excluding hydrogens is 368 g/mol. The van der Waals surface area contributed by atoms with Crippen LogP contribution in [-0.2, 0) is 16.0 Å². The second kappa shape index (κ2) is 9.73. The molecule has 0 bridgehead atoms. The SMILES string of the molecule is N=C(N)N1CCCC(CN[C@H](Cc2ccccc2)C(=O)N2CCC[C@H]2C(N)=O)C1. The molecule has 1 aromatic carbocycles. The summed E-state index contributed by atoms with van der Waals surface area (Å²) in [5, 5.41) is 11.1. The number of likely N-dealkylation sites (tertiary alicyclic amines) is 2. The van der Waals surface area contributed by atoms with E-state index in [9.17, 15) is 9.59 Å². The molecule has 3 rings (SSSR count). The highest BCUT2D eigenvalue weighted by atomic mass is 16.2. The van der Waals surface area contributed by atoms with Gasteiger partial charge in [-0.2, -0.15) is 0 Å². The summed E-state index contributed by atoms with van der Waals surface area (Å²) >= 11 is 0. The van der Waals surface area contributed by atoms with Crippen LogP contribution in [0.5, 0.6) is 0 Å². The molecule has 3 atom stereocenters. The number of guanidine groups is 1. The lowest BCUT2D eigenvalue weighted by atomic mass is 9.97. The van der Waals surface area contributed by atoms with Crippen LogP contribution in [0.15, 0.2) is 30.3 Å². The van der Waals surface area contributed by atoms with Gasteiger partial charge in [0.15, 0.2) is 5.96 Å². The van der Waals surface area contributed by atoms with E-state index in [0.717, 1.165) is 37.9 Å². The Hall–Kier alpha value is -2.61. The quantitative estimate of drug-likeness (QED) is 0.386. The van der Waals surface area contributed by atoms with Gasteiger partial charge in [-0.05, 0) is 43.6 Å². The minimum atomic E-state index is -0.509. The molecule has 2 aliphatic rings. The van der Waals surface area contributed by atoms with Gasteiger partial charge >= 0.3 is 0 Å². The minimum absolute atomic E-state index is 0.0608. The van der Waals surface area contributed by atoms with Crippen LogP contribution in [-0.4, -0.2) is 65.8 Å². The maximum Gasteiger partial charge on any atom is 0.240 e. The van der Waals surface area contributed by atoms with Crippen LogP contribution in [0, 0.1) is 11.3 Å². The molecular formula is C21H32N6O2. The monoisotopic (exact) mass is 400 g/mol. The Morgan fingerprint density at radius 1 is 1.14 bits per heavy atom. The van der Waals surface area contributed by atoms with Gasteiger partial charge in [0.1, 0.15) is 6.04 Å². The molecule has 0 radical (unpaired) electrons. The number of amides is 2. The number of hydrogen-bond donors (Lipinski definition) is 4. The lowest BCUT2D eigenvalue weighted by Gasteiger charge is -2.34. The summed E-state index contributed by atoms with van der Waals surface area (Å²) < 4.78 is 0. The van der Waals surface area contributed by atoms with Crippen molar-refractivity contribution in [1.29, 1.82) is 5.41 Å². The van der Waals surface area contributed by atoms with E-state index in [-0.39, 0.29) is 11.9 Å². The van der Waals surface area contributed by atoms with Crippen molar-refractivity contribution in [2.24, 2.45) is 17.4 Å². The fourth-order valence-electron chi connectivity index (χ4n) is 4.38. The van der Waals surface area contributed by atoms with Crippen LogP contribution in [0.1, 0.15) is 31.2 Å². The van der Waals surface area contributed by atoms with Gasteiger partial charge in [0.25, 0.3) is 0 Å². The molecule has 0 spiro atoms. The Balaban J connectivity index is 1.68. The standard InChI is InChI=1S/C21H32N6O2/c22-19(28)18-9-5-11-27(18)20(29)17(12-15-6-2-1-3-7-15)25-13-16-8-4-10-26(14-16)21(23)24/h1-3,6-7,16-18,25H,4-5,8-14H2,(H2,22,28)(H3,23,24)/t16?,17-,18+/m1/s1. The Morgan fingerprint density at radius 3 is 2.55 bits per heavy atom. The zero-order valence-electron chi connectivity index (χ0n) is 16.8. The van der Waals surface area contributed by atoms with Gasteiger partial charge in [-0.15, -0.1) is 0 Å². The Bertz CT molecular complexity index is 725. The first kappa shape index (κ1) is 21.1. The number of primary amides is 1. The highest BCUT2D eigenvalue weighted by Gasteiger charge is 2.36. The molecule has 158 valence electrons. The maximum absolute atomic E-state index is 13.3. The zero-order chi connectivity index (χ0) is 20.8. The summed E-state index contributed by atoms with van der Waals surface area (Å²) in [6.45, 7) is 2.78. The molecule has 1 aromatic rings. The summed E-state index contributed by atoms with van der Waals surface area (Å²) in [4.78, 5) is 28.6. The third-order valence-corrected chi connectivity index (χ3v) is 5.96. The van der Waals surface area contributed by atoms with Crippen LogP contribution < -0.4 is 16.8 Å². The van der Waals surface area contributed by atoms with Gasteiger partial charge in [-0.25, -0.2) is 0 Å². The Kier molecular flexibility index (Phi) is 7.09. The van der Waals surface area contributed by atoms with Crippen molar-refractivity contribution >= 4 is 17.8 Å². The van der Waals surface area contributed by atoms with E-state index in [4.69, 9.17) is 16.9 Å². The fourth-order valence-corrected chi connectivity index (χ4v) is 4.38. The summed E-state index contributed by atoms with van der Waals surface area (Å²) in [6, 6.07) is 8.98. The average Bonchev–Trinajstić information content (AvgIpc) is 3.22. The van der Waals surface area contributed by atoms with E-state index in [1.54, 1.807) is 4.90 Å². The summed E-state index contributed by atoms with van der Waals surface area (Å²) in [6.07, 6.45) is 4.02. The van der Waals surface area contributed by atoms with Crippen LogP contribution in [0.25, 0.3) is 0 Å². The second-order valence-corrected chi connectivity index (χ2v) is 8.08. The number of nitrogens with two attached hydrogens (primary N) is 2. The molecule has 29 heavy (non-hydrogen) atoms. The number of carbonyl (C=O) groups is 2. The van der Waals surface area contributed by atoms with E-state index in [1.807, 2.05) is 35.2 Å². The summed E-state index contributed by atoms with van der Waals surface area (Å²) in [5.41, 5.74) is 12.2. The summed E-state index contributed by atoms with van der Waals surface area (Å²) in [5.74, 6) is -0.0645. The first-order valence-electron chi connectivity index (χ1n) is 10.4. The van der Waals surface area contributed by atoms with Crippen molar-refractivity contribution in [3.8, 4) is 0 Å². The van der Waals surface area contributed by atoms with Gasteiger partial charge < -0.3 is 26.6 Å². The number of hydrogen-bond acceptors (Lipinski definition) is 4. The Morgan fingerprint density at radius 2 is 1.86 bits per heavy atom. The first-order valence-corrected chi connectivity index (χ1v) is 10.4. The molecule has 8 heteroatoms. The van der Waals surface area contributed by atoms with Crippen molar-refractivity contribution in [3.05, 3.63) is 35.9 Å². The third-order valence-electron chi connectivity index (χ3n) is 5.96. The smallest absolute Gasteiger partial charge is 0.240 e. The van der Waals surface area contributed by atoms with Crippen molar-refractivity contribution in [2.75, 3.05) is 26.2 Å². The predicted molar refractivity (Wildman–Crippen MR) is 112 cm³/mol. The summed E-state index contributed by atoms with van der Waals surface area (Å²) in [7, 11) is 0. The van der Waals surface area contributed by atoms with E-state index in [2.05, 4.69) is 5.32 Å². The number of nitrogens with one attached hydrogen (secondary N) is 2. The molecule has 2 fully saturated rings. The van der Waals surface area contributed by atoms with Crippen LogP contribution in [0.3, 0.4) is 0 Å². The van der Waals surface area contributed by atoms with Gasteiger partial charge in [0, 0.05) is 26.2 Å². The zero-order valence-corrected chi connectivity index (χ0v) is 16.8. The highest BCUT2D eigenvalue weighted by Crippen LogP contribution is 2.20. The van der Waals surface area contributed by atoms with Gasteiger partial charge in [0.05, 0.1) is 6.04 Å². The first-order chi connectivity index (χ1) is 14.0. The normalized spacial score (nSPS) is 23.0. The topological polar surface area (TPSA) is 129 Å². The van der Waals surface area contributed by atoms with Crippen LogP contribution >= 0.6 is 0 Å². The van der Waals surface area contributed by atoms with Crippen molar-refractivity contribution in [3.63, 3.8) is 0 Å². The van der Waals surface area contributed by atoms with Crippen LogP contribution in [0.2, 0.25) is 0 Å². The average molecular weight is 401 g/mol. The molecule has 0 aromatic heterocycles. The molecule has 0 saturated carbocycles. The number of piperidine rings is 1.